The van der Waals surface area contributed by atoms with Crippen molar-refractivity contribution in [2.24, 2.45) is 0 Å². The van der Waals surface area contributed by atoms with E-state index in [1.807, 2.05) is 36.4 Å². The summed E-state index contributed by atoms with van der Waals surface area (Å²) in [6.07, 6.45) is 0. The molecule has 5 rings (SSSR count). The van der Waals surface area contributed by atoms with Crippen molar-refractivity contribution in [1.29, 1.82) is 0 Å². The molecule has 0 radical (unpaired) electrons. The summed E-state index contributed by atoms with van der Waals surface area (Å²) in [4.78, 5) is 13.8. The molecule has 0 spiro atoms. The van der Waals surface area contributed by atoms with Crippen LogP contribution in [0.1, 0.15) is 0 Å². The molecular formula is C21H21N7. The molecule has 1 fully saturated rings. The second-order valence-electron chi connectivity index (χ2n) is 6.88. The first-order valence-corrected chi connectivity index (χ1v) is 9.41. The van der Waals surface area contributed by atoms with Crippen LogP contribution < -0.4 is 15.5 Å². The topological polar surface area (TPSA) is 87.0 Å². The number of nitrogens with zero attached hydrogens (tertiary/aromatic N) is 5. The van der Waals surface area contributed by atoms with E-state index in [1.54, 1.807) is 0 Å². The highest BCUT2D eigenvalue weighted by Crippen LogP contribution is 2.30. The number of aromatic amines is 1. The highest BCUT2D eigenvalue weighted by molar-refractivity contribution is 5.97. The number of hydrogen-bond acceptors (Lipinski definition) is 6. The SMILES string of the molecule is Nc1nc(-c2ccccc2)nc2[nH]nc(N3CCN(c4ccccc4)CC3)c12. The van der Waals surface area contributed by atoms with E-state index in [4.69, 9.17) is 5.73 Å². The maximum Gasteiger partial charge on any atom is 0.163 e. The molecule has 0 unspecified atom stereocenters. The molecule has 0 aliphatic carbocycles. The maximum absolute atomic E-state index is 6.32. The van der Waals surface area contributed by atoms with Crippen LogP contribution in [0.15, 0.2) is 60.7 Å². The van der Waals surface area contributed by atoms with E-state index in [2.05, 4.69) is 54.2 Å². The van der Waals surface area contributed by atoms with Gasteiger partial charge >= 0.3 is 0 Å². The normalized spacial score (nSPS) is 14.6. The fraction of sp³-hybridized carbons (Fsp3) is 0.190. The summed E-state index contributed by atoms with van der Waals surface area (Å²) < 4.78 is 0. The van der Waals surface area contributed by atoms with Crippen LogP contribution in [0.3, 0.4) is 0 Å². The summed E-state index contributed by atoms with van der Waals surface area (Å²) in [5.74, 6) is 1.90. The molecule has 0 atom stereocenters. The number of nitrogens with one attached hydrogen (secondary N) is 1. The second-order valence-corrected chi connectivity index (χ2v) is 6.88. The predicted molar refractivity (Wildman–Crippen MR) is 112 cm³/mol. The molecular weight excluding hydrogens is 350 g/mol. The number of piperazine rings is 1. The predicted octanol–water partition coefficient (Wildman–Crippen LogP) is 2.93. The number of fused-ring (bicyclic) bond motifs is 1. The number of para-hydroxylation sites is 1. The lowest BCUT2D eigenvalue weighted by molar-refractivity contribution is 0.648. The van der Waals surface area contributed by atoms with E-state index in [0.29, 0.717) is 17.3 Å². The standard InChI is InChI=1S/C21H21N7/c22-18-17-20(24-19(23-18)15-7-3-1-4-8-15)25-26-21(17)28-13-11-27(12-14-28)16-9-5-2-6-10-16/h1-10H,11-14H2,(H3,22,23,24,25,26). The minimum absolute atomic E-state index is 0.457. The first-order chi connectivity index (χ1) is 13.8. The van der Waals surface area contributed by atoms with Crippen molar-refractivity contribution in [2.45, 2.75) is 0 Å². The summed E-state index contributed by atoms with van der Waals surface area (Å²) in [7, 11) is 0. The second kappa shape index (κ2) is 6.84. The molecule has 1 aliphatic heterocycles. The molecule has 140 valence electrons. The zero-order valence-corrected chi connectivity index (χ0v) is 15.4. The Balaban J connectivity index is 1.41. The molecule has 7 heteroatoms. The van der Waals surface area contributed by atoms with E-state index < -0.39 is 0 Å². The number of nitrogens with two attached hydrogens (primary N) is 1. The molecule has 2 aromatic carbocycles. The van der Waals surface area contributed by atoms with Crippen LogP contribution in [0.5, 0.6) is 0 Å². The molecule has 3 heterocycles. The van der Waals surface area contributed by atoms with Gasteiger partial charge in [-0.25, -0.2) is 9.97 Å². The van der Waals surface area contributed by atoms with Crippen molar-refractivity contribution < 1.29 is 0 Å². The largest absolute Gasteiger partial charge is 0.383 e. The molecule has 1 aliphatic rings. The summed E-state index contributed by atoms with van der Waals surface area (Å²) in [5.41, 5.74) is 9.18. The average Bonchev–Trinajstić information content (AvgIpc) is 3.20. The Morgan fingerprint density at radius 2 is 1.43 bits per heavy atom. The van der Waals surface area contributed by atoms with Crippen LogP contribution in [-0.4, -0.2) is 46.3 Å². The van der Waals surface area contributed by atoms with Gasteiger partial charge in [-0.3, -0.25) is 5.10 Å². The van der Waals surface area contributed by atoms with Crippen LogP contribution in [0.25, 0.3) is 22.4 Å². The number of nitrogen functional groups attached to an aromatic ring is 1. The monoisotopic (exact) mass is 371 g/mol. The zero-order valence-electron chi connectivity index (χ0n) is 15.4. The molecule has 0 amide bonds. The average molecular weight is 371 g/mol. The Bertz CT molecular complexity index is 1080. The number of rotatable bonds is 3. The number of aromatic nitrogens is 4. The fourth-order valence-corrected chi connectivity index (χ4v) is 3.70. The molecule has 4 aromatic rings. The van der Waals surface area contributed by atoms with Gasteiger partial charge in [0, 0.05) is 37.4 Å². The molecule has 1 saturated heterocycles. The minimum atomic E-state index is 0.457. The third-order valence-corrected chi connectivity index (χ3v) is 5.16. The maximum atomic E-state index is 6.32. The van der Waals surface area contributed by atoms with Crippen LogP contribution in [0.4, 0.5) is 17.3 Å². The van der Waals surface area contributed by atoms with Gasteiger partial charge in [0.2, 0.25) is 0 Å². The summed E-state index contributed by atoms with van der Waals surface area (Å²) in [6.45, 7) is 3.60. The van der Waals surface area contributed by atoms with Gasteiger partial charge in [0.1, 0.15) is 11.2 Å². The fourth-order valence-electron chi connectivity index (χ4n) is 3.70. The van der Waals surface area contributed by atoms with Crippen molar-refractivity contribution in [3.63, 3.8) is 0 Å². The van der Waals surface area contributed by atoms with Crippen LogP contribution >= 0.6 is 0 Å². The Hall–Kier alpha value is -3.61. The van der Waals surface area contributed by atoms with Crippen molar-refractivity contribution in [3.8, 4) is 11.4 Å². The van der Waals surface area contributed by atoms with Gasteiger partial charge in [-0.05, 0) is 12.1 Å². The molecule has 0 saturated carbocycles. The van der Waals surface area contributed by atoms with Gasteiger partial charge in [-0.15, -0.1) is 0 Å². The van der Waals surface area contributed by atoms with E-state index in [-0.39, 0.29) is 0 Å². The Morgan fingerprint density at radius 1 is 0.786 bits per heavy atom. The highest BCUT2D eigenvalue weighted by atomic mass is 15.3. The van der Waals surface area contributed by atoms with E-state index >= 15 is 0 Å². The Morgan fingerprint density at radius 3 is 2.14 bits per heavy atom. The summed E-state index contributed by atoms with van der Waals surface area (Å²) in [5, 5.41) is 8.35. The van der Waals surface area contributed by atoms with Crippen molar-refractivity contribution >= 4 is 28.4 Å². The van der Waals surface area contributed by atoms with Gasteiger partial charge in [-0.2, -0.15) is 5.10 Å². The minimum Gasteiger partial charge on any atom is -0.383 e. The number of benzene rings is 2. The van der Waals surface area contributed by atoms with Crippen LogP contribution in [-0.2, 0) is 0 Å². The van der Waals surface area contributed by atoms with E-state index in [9.17, 15) is 0 Å². The lowest BCUT2D eigenvalue weighted by atomic mass is 10.2. The lowest BCUT2D eigenvalue weighted by Gasteiger charge is -2.36. The first kappa shape index (κ1) is 16.6. The summed E-state index contributed by atoms with van der Waals surface area (Å²) >= 11 is 0. The Kier molecular flexibility index (Phi) is 4.05. The number of H-pyrrole nitrogens is 1. The van der Waals surface area contributed by atoms with Crippen molar-refractivity contribution in [1.82, 2.24) is 20.2 Å². The quantitative estimate of drug-likeness (QED) is 0.576. The summed E-state index contributed by atoms with van der Waals surface area (Å²) in [6, 6.07) is 20.3. The molecule has 0 bridgehead atoms. The third kappa shape index (κ3) is 2.90. The molecule has 2 aromatic heterocycles. The van der Waals surface area contributed by atoms with Gasteiger partial charge in [0.05, 0.1) is 0 Å². The Labute approximate surface area is 162 Å². The molecule has 3 N–H and O–H groups in total. The zero-order chi connectivity index (χ0) is 18.9. The van der Waals surface area contributed by atoms with Crippen LogP contribution in [0, 0.1) is 0 Å². The van der Waals surface area contributed by atoms with E-state index in [0.717, 1.165) is 42.9 Å². The lowest BCUT2D eigenvalue weighted by Crippen LogP contribution is -2.46. The smallest absolute Gasteiger partial charge is 0.163 e. The number of anilines is 3. The van der Waals surface area contributed by atoms with Crippen molar-refractivity contribution in [3.05, 3.63) is 60.7 Å². The van der Waals surface area contributed by atoms with Gasteiger partial charge in [-0.1, -0.05) is 48.5 Å². The van der Waals surface area contributed by atoms with E-state index in [1.165, 1.54) is 5.69 Å². The third-order valence-electron chi connectivity index (χ3n) is 5.16. The highest BCUT2D eigenvalue weighted by Gasteiger charge is 2.23. The van der Waals surface area contributed by atoms with Crippen LogP contribution in [0.2, 0.25) is 0 Å². The molecule has 7 nitrogen and oxygen atoms in total. The van der Waals surface area contributed by atoms with Gasteiger partial charge in [0.25, 0.3) is 0 Å². The first-order valence-electron chi connectivity index (χ1n) is 9.41. The van der Waals surface area contributed by atoms with Gasteiger partial charge in [0.15, 0.2) is 17.3 Å². The van der Waals surface area contributed by atoms with Crippen molar-refractivity contribution in [2.75, 3.05) is 41.7 Å². The number of hydrogen-bond donors (Lipinski definition) is 2. The molecule has 28 heavy (non-hydrogen) atoms. The van der Waals surface area contributed by atoms with Gasteiger partial charge < -0.3 is 15.5 Å².